The number of H-pyrrole nitrogens is 1. The Balaban J connectivity index is 1.68. The number of ether oxygens (including phenoxy) is 1. The minimum atomic E-state index is -0.719. The molecular formula is C20H18F2N6O2S. The highest BCUT2D eigenvalue weighted by molar-refractivity contribution is 7.19. The topological polar surface area (TPSA) is 106 Å². The maximum atomic E-state index is 14.9. The van der Waals surface area contributed by atoms with Crippen molar-refractivity contribution in [3.05, 3.63) is 41.6 Å². The first-order valence-electron chi connectivity index (χ1n) is 9.26. The summed E-state index contributed by atoms with van der Waals surface area (Å²) in [5.41, 5.74) is 0.389. The van der Waals surface area contributed by atoms with Crippen LogP contribution in [0.2, 0.25) is 0 Å². The number of nitrogens with one attached hydrogen (secondary N) is 2. The van der Waals surface area contributed by atoms with Gasteiger partial charge in [-0.2, -0.15) is 0 Å². The van der Waals surface area contributed by atoms with Crippen molar-refractivity contribution in [1.29, 1.82) is 0 Å². The van der Waals surface area contributed by atoms with E-state index in [9.17, 15) is 13.6 Å². The summed E-state index contributed by atoms with van der Waals surface area (Å²) in [5.74, 6) is -1.40. The van der Waals surface area contributed by atoms with Gasteiger partial charge in [-0.05, 0) is 45.9 Å². The molecule has 0 radical (unpaired) electrons. The van der Waals surface area contributed by atoms with Crippen molar-refractivity contribution in [1.82, 2.24) is 25.4 Å². The van der Waals surface area contributed by atoms with Crippen molar-refractivity contribution < 1.29 is 18.3 Å². The number of rotatable bonds is 3. The zero-order chi connectivity index (χ0) is 22.3. The Morgan fingerprint density at radius 1 is 1.19 bits per heavy atom. The predicted octanol–water partition coefficient (Wildman–Crippen LogP) is 5.08. The number of aryl methyl sites for hydroxylation is 1. The van der Waals surface area contributed by atoms with Gasteiger partial charge in [-0.3, -0.25) is 10.4 Å². The fraction of sp³-hybridized carbons (Fsp3) is 0.250. The van der Waals surface area contributed by atoms with Gasteiger partial charge in [-0.15, -0.1) is 5.10 Å². The van der Waals surface area contributed by atoms with E-state index in [4.69, 9.17) is 4.74 Å². The van der Waals surface area contributed by atoms with Crippen LogP contribution in [0.3, 0.4) is 0 Å². The number of nitrogens with zero attached hydrogens (tertiary/aromatic N) is 4. The van der Waals surface area contributed by atoms with Crippen LogP contribution in [0.1, 0.15) is 26.5 Å². The molecule has 2 N–H and O–H groups in total. The molecule has 1 aromatic carbocycles. The molecule has 11 heteroatoms. The number of hydrogen-bond acceptors (Lipinski definition) is 7. The Morgan fingerprint density at radius 3 is 2.68 bits per heavy atom. The van der Waals surface area contributed by atoms with Crippen molar-refractivity contribution in [2.45, 2.75) is 33.3 Å². The molecule has 0 fully saturated rings. The second kappa shape index (κ2) is 7.65. The van der Waals surface area contributed by atoms with Gasteiger partial charge in [0.2, 0.25) is 0 Å². The number of fused-ring (bicyclic) bond motifs is 1. The van der Waals surface area contributed by atoms with Crippen molar-refractivity contribution >= 4 is 33.6 Å². The molecule has 0 bridgehead atoms. The van der Waals surface area contributed by atoms with Gasteiger partial charge in [-0.25, -0.2) is 23.5 Å². The van der Waals surface area contributed by atoms with Crippen LogP contribution in [0, 0.1) is 18.6 Å². The maximum Gasteiger partial charge on any atom is 0.413 e. The van der Waals surface area contributed by atoms with Gasteiger partial charge in [0, 0.05) is 5.56 Å². The van der Waals surface area contributed by atoms with Gasteiger partial charge in [0.1, 0.15) is 11.1 Å². The third-order valence-electron chi connectivity index (χ3n) is 4.17. The molecule has 0 aliphatic heterocycles. The van der Waals surface area contributed by atoms with Crippen LogP contribution >= 0.6 is 11.3 Å². The van der Waals surface area contributed by atoms with E-state index in [0.29, 0.717) is 21.4 Å². The Labute approximate surface area is 179 Å². The third-order valence-corrected chi connectivity index (χ3v) is 5.26. The number of aromatic amines is 1. The number of benzene rings is 1. The van der Waals surface area contributed by atoms with E-state index in [1.165, 1.54) is 11.3 Å². The van der Waals surface area contributed by atoms with E-state index in [0.717, 1.165) is 6.07 Å². The minimum Gasteiger partial charge on any atom is -0.444 e. The second-order valence-corrected chi connectivity index (χ2v) is 8.72. The van der Waals surface area contributed by atoms with E-state index >= 15 is 0 Å². The van der Waals surface area contributed by atoms with Gasteiger partial charge in [-0.1, -0.05) is 22.6 Å². The highest BCUT2D eigenvalue weighted by Crippen LogP contribution is 2.34. The van der Waals surface area contributed by atoms with Crippen molar-refractivity contribution in [3.8, 4) is 21.8 Å². The largest absolute Gasteiger partial charge is 0.444 e. The van der Waals surface area contributed by atoms with Crippen LogP contribution < -0.4 is 5.32 Å². The predicted molar refractivity (Wildman–Crippen MR) is 113 cm³/mol. The van der Waals surface area contributed by atoms with E-state index in [1.54, 1.807) is 45.9 Å². The number of anilines is 1. The molecule has 4 aromatic rings. The number of carbonyl (C=O) groups is 1. The maximum absolute atomic E-state index is 14.9. The Morgan fingerprint density at radius 2 is 1.94 bits per heavy atom. The molecule has 0 unspecified atom stereocenters. The Kier molecular flexibility index (Phi) is 5.13. The molecular weight excluding hydrogens is 426 g/mol. The van der Waals surface area contributed by atoms with E-state index in [1.807, 2.05) is 0 Å². The first-order valence-corrected chi connectivity index (χ1v) is 10.1. The zero-order valence-corrected chi connectivity index (χ0v) is 17.9. The lowest BCUT2D eigenvalue weighted by molar-refractivity contribution is 0.0636. The molecule has 3 aromatic heterocycles. The number of thiazole rings is 1. The smallest absolute Gasteiger partial charge is 0.413 e. The molecule has 31 heavy (non-hydrogen) atoms. The molecule has 8 nitrogen and oxygen atoms in total. The first-order chi connectivity index (χ1) is 14.6. The summed E-state index contributed by atoms with van der Waals surface area (Å²) in [6.07, 6.45) is -0.618. The lowest BCUT2D eigenvalue weighted by Crippen LogP contribution is -2.27. The first kappa shape index (κ1) is 20.8. The highest BCUT2D eigenvalue weighted by Gasteiger charge is 2.21. The summed E-state index contributed by atoms with van der Waals surface area (Å²) in [5, 5.41) is 12.3. The fourth-order valence-electron chi connectivity index (χ4n) is 2.91. The zero-order valence-electron chi connectivity index (χ0n) is 17.1. The van der Waals surface area contributed by atoms with Crippen molar-refractivity contribution in [2.24, 2.45) is 0 Å². The molecule has 0 aliphatic carbocycles. The molecule has 0 spiro atoms. The summed E-state index contributed by atoms with van der Waals surface area (Å²) < 4.78 is 34.4. The summed E-state index contributed by atoms with van der Waals surface area (Å²) in [6.45, 7) is 7.05. The van der Waals surface area contributed by atoms with Crippen LogP contribution in [-0.4, -0.2) is 37.1 Å². The summed E-state index contributed by atoms with van der Waals surface area (Å²) in [6, 6.07) is 6.04. The minimum absolute atomic E-state index is 0.0324. The highest BCUT2D eigenvalue weighted by atomic mass is 32.1. The van der Waals surface area contributed by atoms with Gasteiger partial charge in [0.05, 0.1) is 22.0 Å². The molecule has 4 rings (SSSR count). The number of halogens is 2. The average molecular weight is 444 g/mol. The van der Waals surface area contributed by atoms with Crippen LogP contribution in [0.5, 0.6) is 0 Å². The molecule has 0 atom stereocenters. The summed E-state index contributed by atoms with van der Waals surface area (Å²) in [4.78, 5) is 21.5. The van der Waals surface area contributed by atoms with Crippen molar-refractivity contribution in [3.63, 3.8) is 0 Å². The monoisotopic (exact) mass is 444 g/mol. The van der Waals surface area contributed by atoms with Gasteiger partial charge >= 0.3 is 6.09 Å². The Bertz CT molecular complexity index is 1290. The number of amides is 1. The number of pyridine rings is 1. The second-order valence-electron chi connectivity index (χ2n) is 7.72. The lowest BCUT2D eigenvalue weighted by atomic mass is 10.1. The fourth-order valence-corrected chi connectivity index (χ4v) is 3.84. The number of aromatic nitrogens is 5. The molecule has 0 saturated carbocycles. The lowest BCUT2D eigenvalue weighted by Gasteiger charge is -2.18. The number of carbonyl (C=O) groups excluding carboxylic acids is 1. The van der Waals surface area contributed by atoms with Crippen LogP contribution in [-0.2, 0) is 4.74 Å². The van der Waals surface area contributed by atoms with Crippen LogP contribution in [0.25, 0.3) is 32.9 Å². The molecule has 1 amide bonds. The average Bonchev–Trinajstić information content (AvgIpc) is 3.30. The van der Waals surface area contributed by atoms with Gasteiger partial charge < -0.3 is 4.74 Å². The summed E-state index contributed by atoms with van der Waals surface area (Å²) in [7, 11) is 0. The van der Waals surface area contributed by atoms with E-state index < -0.39 is 23.3 Å². The SMILES string of the molecule is Cc1nc(NC(=O)OC(C)(C)C)sc1-c1cccc(-c2cc(F)c3[nH]nnc3c2F)n1. The Hall–Kier alpha value is -3.47. The normalized spacial score (nSPS) is 11.7. The third kappa shape index (κ3) is 4.22. The standard InChI is InChI=1S/C20H18F2N6O2S/c1-9-17(31-18(23-9)25-19(29)30-20(2,3)4)13-7-5-6-12(24-13)10-8-11(21)15-16(14(10)22)27-28-26-15/h5-8H,1-4H3,(H,23,25,29)(H,26,27,28). The quantitative estimate of drug-likeness (QED) is 0.457. The molecule has 3 heterocycles. The van der Waals surface area contributed by atoms with E-state index in [-0.39, 0.29) is 22.3 Å². The van der Waals surface area contributed by atoms with Gasteiger partial charge in [0.25, 0.3) is 0 Å². The molecule has 160 valence electrons. The van der Waals surface area contributed by atoms with Crippen LogP contribution in [0.15, 0.2) is 24.3 Å². The van der Waals surface area contributed by atoms with Crippen LogP contribution in [0.4, 0.5) is 18.7 Å². The van der Waals surface area contributed by atoms with Crippen molar-refractivity contribution in [2.75, 3.05) is 5.32 Å². The summed E-state index contributed by atoms with van der Waals surface area (Å²) >= 11 is 1.20. The molecule has 0 saturated heterocycles. The molecule has 0 aliphatic rings. The van der Waals surface area contributed by atoms with E-state index in [2.05, 4.69) is 30.7 Å². The van der Waals surface area contributed by atoms with Gasteiger partial charge in [0.15, 0.2) is 22.3 Å². The number of hydrogen-bond donors (Lipinski definition) is 2.